The molecule has 0 unspecified atom stereocenters. The van der Waals surface area contributed by atoms with Gasteiger partial charge in [-0.15, -0.1) is 6.58 Å². The summed E-state index contributed by atoms with van der Waals surface area (Å²) in [5.74, 6) is 0. The van der Waals surface area contributed by atoms with Gasteiger partial charge in [0.25, 0.3) is 11.0 Å². The standard InChI is InChI=1S/C6H12O3S/c1-2-3-4-5-6-9-10(7)8/h2,10H,1,3-6H2. The van der Waals surface area contributed by atoms with Gasteiger partial charge < -0.3 is 0 Å². The first-order chi connectivity index (χ1) is 4.77. The summed E-state index contributed by atoms with van der Waals surface area (Å²) in [6, 6.07) is 0. The lowest BCUT2D eigenvalue weighted by Crippen LogP contribution is -1.91. The van der Waals surface area contributed by atoms with Crippen molar-refractivity contribution in [3.63, 3.8) is 0 Å². The topological polar surface area (TPSA) is 43.4 Å². The van der Waals surface area contributed by atoms with E-state index >= 15 is 0 Å². The van der Waals surface area contributed by atoms with Crippen molar-refractivity contribution in [3.05, 3.63) is 12.7 Å². The second kappa shape index (κ2) is 6.77. The van der Waals surface area contributed by atoms with Gasteiger partial charge in [-0.05, 0) is 19.3 Å². The minimum absolute atomic E-state index is 0.298. The Morgan fingerprint density at radius 2 is 2.10 bits per heavy atom. The fourth-order valence-corrected chi connectivity index (χ4v) is 0.808. The number of unbranched alkanes of at least 4 members (excludes halogenated alkanes) is 2. The molecule has 0 aliphatic carbocycles. The third-order valence-corrected chi connectivity index (χ3v) is 1.39. The summed E-state index contributed by atoms with van der Waals surface area (Å²) >= 11 is 0. The third-order valence-electron chi connectivity index (χ3n) is 0.999. The van der Waals surface area contributed by atoms with Crippen LogP contribution in [0.15, 0.2) is 12.7 Å². The van der Waals surface area contributed by atoms with Crippen LogP contribution in [-0.4, -0.2) is 15.0 Å². The highest BCUT2D eigenvalue weighted by Crippen LogP contribution is 1.95. The van der Waals surface area contributed by atoms with Crippen LogP contribution < -0.4 is 0 Å². The molecule has 0 bridgehead atoms. The van der Waals surface area contributed by atoms with E-state index < -0.39 is 11.0 Å². The van der Waals surface area contributed by atoms with E-state index in [0.29, 0.717) is 6.61 Å². The Morgan fingerprint density at radius 3 is 2.60 bits per heavy atom. The minimum Gasteiger partial charge on any atom is -0.272 e. The molecule has 0 spiro atoms. The quantitative estimate of drug-likeness (QED) is 0.360. The Morgan fingerprint density at radius 1 is 1.40 bits per heavy atom. The van der Waals surface area contributed by atoms with Crippen molar-refractivity contribution in [2.24, 2.45) is 0 Å². The molecule has 0 atom stereocenters. The van der Waals surface area contributed by atoms with Gasteiger partial charge in [0.15, 0.2) is 0 Å². The van der Waals surface area contributed by atoms with Crippen LogP contribution in [0.1, 0.15) is 19.3 Å². The van der Waals surface area contributed by atoms with E-state index in [-0.39, 0.29) is 0 Å². The maximum Gasteiger partial charge on any atom is 0.257 e. The van der Waals surface area contributed by atoms with E-state index in [0.717, 1.165) is 19.3 Å². The maximum atomic E-state index is 9.83. The summed E-state index contributed by atoms with van der Waals surface area (Å²) in [6.07, 6.45) is 4.43. The molecular weight excluding hydrogens is 152 g/mol. The lowest BCUT2D eigenvalue weighted by atomic mass is 10.2. The van der Waals surface area contributed by atoms with E-state index in [2.05, 4.69) is 10.8 Å². The van der Waals surface area contributed by atoms with Crippen LogP contribution in [0.3, 0.4) is 0 Å². The van der Waals surface area contributed by atoms with Crippen LogP contribution in [0.4, 0.5) is 0 Å². The SMILES string of the molecule is C=CCCCCO[SH](=O)=O. The summed E-state index contributed by atoms with van der Waals surface area (Å²) < 4.78 is 24.0. The fourth-order valence-electron chi connectivity index (χ4n) is 0.530. The van der Waals surface area contributed by atoms with Gasteiger partial charge in [-0.25, -0.2) is 8.42 Å². The highest BCUT2D eigenvalue weighted by Gasteiger charge is 1.87. The molecular formula is C6H12O3S. The highest BCUT2D eigenvalue weighted by molar-refractivity contribution is 7.67. The molecule has 3 nitrogen and oxygen atoms in total. The Bertz CT molecular complexity index is 143. The molecule has 0 rings (SSSR count). The number of allylic oxidation sites excluding steroid dienone is 1. The Labute approximate surface area is 62.9 Å². The van der Waals surface area contributed by atoms with E-state index in [1.165, 1.54) is 0 Å². The van der Waals surface area contributed by atoms with Gasteiger partial charge in [0.1, 0.15) is 0 Å². The average Bonchev–Trinajstić information content (AvgIpc) is 1.87. The van der Waals surface area contributed by atoms with Crippen LogP contribution in [0.5, 0.6) is 0 Å². The van der Waals surface area contributed by atoms with Crippen molar-refractivity contribution in [1.29, 1.82) is 0 Å². The summed E-state index contributed by atoms with van der Waals surface area (Å²) in [4.78, 5) is 0. The molecule has 0 N–H and O–H groups in total. The largest absolute Gasteiger partial charge is 0.272 e. The third kappa shape index (κ3) is 7.65. The van der Waals surface area contributed by atoms with Gasteiger partial charge in [-0.3, -0.25) is 4.18 Å². The Balaban J connectivity index is 2.97. The highest BCUT2D eigenvalue weighted by atomic mass is 32.2. The van der Waals surface area contributed by atoms with E-state index in [4.69, 9.17) is 0 Å². The van der Waals surface area contributed by atoms with Gasteiger partial charge >= 0.3 is 0 Å². The maximum absolute atomic E-state index is 9.83. The van der Waals surface area contributed by atoms with E-state index in [1.54, 1.807) is 6.08 Å². The summed E-state index contributed by atoms with van der Waals surface area (Å²) in [5, 5.41) is 0. The van der Waals surface area contributed by atoms with E-state index in [9.17, 15) is 8.42 Å². The summed E-state index contributed by atoms with van der Waals surface area (Å²) in [6.45, 7) is 3.83. The fraction of sp³-hybridized carbons (Fsp3) is 0.667. The molecule has 0 saturated heterocycles. The molecule has 0 fully saturated rings. The molecule has 10 heavy (non-hydrogen) atoms. The molecule has 60 valence electrons. The van der Waals surface area contributed by atoms with Gasteiger partial charge in [0, 0.05) is 0 Å². The molecule has 0 aliphatic heterocycles. The van der Waals surface area contributed by atoms with Crippen LogP contribution in [-0.2, 0) is 15.2 Å². The molecule has 0 radical (unpaired) electrons. The minimum atomic E-state index is -2.65. The molecule has 0 aliphatic rings. The first-order valence-electron chi connectivity index (χ1n) is 3.15. The van der Waals surface area contributed by atoms with E-state index in [1.807, 2.05) is 0 Å². The lowest BCUT2D eigenvalue weighted by molar-refractivity contribution is 0.323. The summed E-state index contributed by atoms with van der Waals surface area (Å²) in [7, 11) is -2.65. The Hall–Kier alpha value is -0.350. The monoisotopic (exact) mass is 164 g/mol. The van der Waals surface area contributed by atoms with Crippen LogP contribution in [0, 0.1) is 0 Å². The van der Waals surface area contributed by atoms with Crippen molar-refractivity contribution in [2.75, 3.05) is 6.61 Å². The van der Waals surface area contributed by atoms with Crippen LogP contribution in [0.2, 0.25) is 0 Å². The number of thiol groups is 1. The molecule has 0 aromatic carbocycles. The average molecular weight is 164 g/mol. The molecule has 0 aromatic heterocycles. The predicted octanol–water partition coefficient (Wildman–Crippen LogP) is 0.886. The number of hydrogen-bond acceptors (Lipinski definition) is 3. The van der Waals surface area contributed by atoms with Crippen molar-refractivity contribution in [2.45, 2.75) is 19.3 Å². The smallest absolute Gasteiger partial charge is 0.257 e. The molecule has 0 saturated carbocycles. The van der Waals surface area contributed by atoms with Crippen molar-refractivity contribution in [3.8, 4) is 0 Å². The van der Waals surface area contributed by atoms with Gasteiger partial charge in [0.05, 0.1) is 6.61 Å². The van der Waals surface area contributed by atoms with Gasteiger partial charge in [-0.1, -0.05) is 6.08 Å². The molecule has 0 heterocycles. The first kappa shape index (κ1) is 9.65. The predicted molar refractivity (Wildman–Crippen MR) is 40.3 cm³/mol. The molecule has 0 aromatic rings. The van der Waals surface area contributed by atoms with Crippen molar-refractivity contribution < 1.29 is 12.6 Å². The summed E-state index contributed by atoms with van der Waals surface area (Å²) in [5.41, 5.74) is 0. The molecule has 0 amide bonds. The number of hydrogen-bond donors (Lipinski definition) is 1. The van der Waals surface area contributed by atoms with Crippen molar-refractivity contribution >= 4 is 11.0 Å². The lowest BCUT2D eigenvalue weighted by Gasteiger charge is -1.93. The zero-order valence-electron chi connectivity index (χ0n) is 5.78. The van der Waals surface area contributed by atoms with Gasteiger partial charge in [-0.2, -0.15) is 0 Å². The second-order valence-corrected chi connectivity index (χ2v) is 2.55. The zero-order chi connectivity index (χ0) is 7.82. The first-order valence-corrected chi connectivity index (χ1v) is 4.25. The van der Waals surface area contributed by atoms with Crippen LogP contribution in [0.25, 0.3) is 0 Å². The normalized spacial score (nSPS) is 10.1. The van der Waals surface area contributed by atoms with Crippen LogP contribution >= 0.6 is 0 Å². The molecule has 4 heteroatoms. The second-order valence-electron chi connectivity index (χ2n) is 1.84. The van der Waals surface area contributed by atoms with Gasteiger partial charge in [0.2, 0.25) is 0 Å². The number of rotatable bonds is 6. The Kier molecular flexibility index (Phi) is 6.53. The van der Waals surface area contributed by atoms with Crippen molar-refractivity contribution in [1.82, 2.24) is 0 Å². The zero-order valence-corrected chi connectivity index (χ0v) is 6.68.